The predicted molar refractivity (Wildman–Crippen MR) is 81.2 cm³/mol. The van der Waals surface area contributed by atoms with Crippen molar-refractivity contribution in [1.29, 1.82) is 0 Å². The van der Waals surface area contributed by atoms with E-state index in [0.29, 0.717) is 11.4 Å². The van der Waals surface area contributed by atoms with E-state index in [4.69, 9.17) is 10.5 Å². The second-order valence-corrected chi connectivity index (χ2v) is 6.15. The third-order valence-electron chi connectivity index (χ3n) is 3.22. The normalized spacial score (nSPS) is 12.2. The van der Waals surface area contributed by atoms with Gasteiger partial charge in [0, 0.05) is 23.0 Å². The molecule has 0 radical (unpaired) electrons. The number of ether oxygens (including phenoxy) is 1. The summed E-state index contributed by atoms with van der Waals surface area (Å²) in [5.74, 6) is 0.281. The van der Waals surface area contributed by atoms with Crippen molar-refractivity contribution >= 4 is 16.5 Å². The summed E-state index contributed by atoms with van der Waals surface area (Å²) >= 11 is 0. The fraction of sp³-hybridized carbons (Fsp3) is 0.267. The maximum atomic E-state index is 13.8. The van der Waals surface area contributed by atoms with Crippen LogP contribution in [0.2, 0.25) is 0 Å². The monoisotopic (exact) mass is 308 g/mol. The number of halogens is 1. The Morgan fingerprint density at radius 2 is 2.10 bits per heavy atom. The highest BCUT2D eigenvalue weighted by Gasteiger charge is 2.16. The molecule has 0 aliphatic heterocycles. The largest absolute Gasteiger partial charge is 0.496 e. The summed E-state index contributed by atoms with van der Waals surface area (Å²) in [4.78, 5) is 4.41. The van der Waals surface area contributed by atoms with Crippen molar-refractivity contribution in [3.8, 4) is 5.75 Å². The summed E-state index contributed by atoms with van der Waals surface area (Å²) in [6, 6.07) is 4.15. The topological polar surface area (TPSA) is 65.2 Å². The van der Waals surface area contributed by atoms with E-state index in [1.54, 1.807) is 13.3 Å². The minimum absolute atomic E-state index is 0.128. The fourth-order valence-electron chi connectivity index (χ4n) is 2.12. The van der Waals surface area contributed by atoms with Crippen LogP contribution in [0.5, 0.6) is 5.75 Å². The number of anilines is 1. The highest BCUT2D eigenvalue weighted by Crippen LogP contribution is 2.26. The van der Waals surface area contributed by atoms with E-state index in [1.165, 1.54) is 18.2 Å². The molecule has 0 saturated carbocycles. The zero-order valence-corrected chi connectivity index (χ0v) is 13.0. The lowest BCUT2D eigenvalue weighted by atomic mass is 10.1. The van der Waals surface area contributed by atoms with Crippen LogP contribution in [0.3, 0.4) is 0 Å². The van der Waals surface area contributed by atoms with Gasteiger partial charge in [0.05, 0.1) is 34.3 Å². The molecule has 1 unspecified atom stereocenters. The van der Waals surface area contributed by atoms with Crippen molar-refractivity contribution in [3.63, 3.8) is 0 Å². The van der Waals surface area contributed by atoms with Crippen LogP contribution in [0.1, 0.15) is 16.8 Å². The molecular formula is C15H17FN2O2S. The Labute approximate surface area is 125 Å². The number of methoxy groups -OCH3 is 1. The predicted octanol–water partition coefficient (Wildman–Crippen LogP) is 2.74. The molecule has 6 heteroatoms. The summed E-state index contributed by atoms with van der Waals surface area (Å²) in [6.45, 7) is 3.74. The average molecular weight is 308 g/mol. The van der Waals surface area contributed by atoms with Crippen molar-refractivity contribution < 1.29 is 13.3 Å². The molecule has 1 atom stereocenters. The van der Waals surface area contributed by atoms with Gasteiger partial charge in [-0.15, -0.1) is 0 Å². The van der Waals surface area contributed by atoms with E-state index in [2.05, 4.69) is 4.98 Å². The van der Waals surface area contributed by atoms with Crippen LogP contribution in [0.25, 0.3) is 0 Å². The third kappa shape index (κ3) is 3.21. The summed E-state index contributed by atoms with van der Waals surface area (Å²) in [6.07, 6.45) is 1.66. The molecule has 0 spiro atoms. The van der Waals surface area contributed by atoms with Crippen molar-refractivity contribution in [2.45, 2.75) is 24.5 Å². The van der Waals surface area contributed by atoms with Crippen LogP contribution < -0.4 is 10.5 Å². The minimum atomic E-state index is -1.53. The molecule has 112 valence electrons. The lowest BCUT2D eigenvalue weighted by Crippen LogP contribution is -2.05. The van der Waals surface area contributed by atoms with Gasteiger partial charge < -0.3 is 10.5 Å². The fourth-order valence-corrected chi connectivity index (χ4v) is 3.31. The molecule has 0 amide bonds. The van der Waals surface area contributed by atoms with Gasteiger partial charge in [-0.05, 0) is 32.0 Å². The highest BCUT2D eigenvalue weighted by atomic mass is 32.2. The number of hydrogen-bond donors (Lipinski definition) is 1. The number of aromatic nitrogens is 1. The molecule has 1 heterocycles. The van der Waals surface area contributed by atoms with Gasteiger partial charge in [-0.2, -0.15) is 0 Å². The minimum Gasteiger partial charge on any atom is -0.496 e. The van der Waals surface area contributed by atoms with Crippen LogP contribution in [0.4, 0.5) is 10.1 Å². The molecule has 0 fully saturated rings. The molecular weight excluding hydrogens is 291 g/mol. The highest BCUT2D eigenvalue weighted by molar-refractivity contribution is 7.84. The standard InChI is InChI=1S/C15H17FN2O2S/c1-9-7-18-13(10(2)15(9)20-3)8-21(19)14-5-4-11(17)6-12(14)16/h4-7H,8,17H2,1-3H3. The smallest absolute Gasteiger partial charge is 0.141 e. The second kappa shape index (κ2) is 6.22. The first-order valence-corrected chi connectivity index (χ1v) is 7.68. The van der Waals surface area contributed by atoms with Crippen molar-refractivity contribution in [2.75, 3.05) is 12.8 Å². The molecule has 0 aliphatic carbocycles. The number of aryl methyl sites for hydroxylation is 1. The first kappa shape index (κ1) is 15.4. The zero-order valence-electron chi connectivity index (χ0n) is 12.1. The third-order valence-corrected chi connectivity index (χ3v) is 4.58. The van der Waals surface area contributed by atoms with Crippen LogP contribution in [0, 0.1) is 19.7 Å². The van der Waals surface area contributed by atoms with Gasteiger partial charge in [0.1, 0.15) is 11.6 Å². The molecule has 1 aromatic carbocycles. The molecule has 0 saturated heterocycles. The van der Waals surface area contributed by atoms with Gasteiger partial charge in [0.2, 0.25) is 0 Å². The first-order valence-electron chi connectivity index (χ1n) is 6.36. The summed E-state index contributed by atoms with van der Waals surface area (Å²) in [7, 11) is 0.0491. The zero-order chi connectivity index (χ0) is 15.6. The Morgan fingerprint density at radius 1 is 1.38 bits per heavy atom. The van der Waals surface area contributed by atoms with Crippen molar-refractivity contribution in [1.82, 2.24) is 4.98 Å². The van der Waals surface area contributed by atoms with Gasteiger partial charge in [0.15, 0.2) is 0 Å². The molecule has 2 rings (SSSR count). The van der Waals surface area contributed by atoms with Gasteiger partial charge in [-0.25, -0.2) is 4.39 Å². The second-order valence-electron chi connectivity index (χ2n) is 4.73. The Balaban J connectivity index is 2.32. The number of hydrogen-bond acceptors (Lipinski definition) is 4. The lowest BCUT2D eigenvalue weighted by molar-refractivity contribution is 0.407. The van der Waals surface area contributed by atoms with E-state index >= 15 is 0 Å². The molecule has 21 heavy (non-hydrogen) atoms. The number of pyridine rings is 1. The van der Waals surface area contributed by atoms with Gasteiger partial charge >= 0.3 is 0 Å². The van der Waals surface area contributed by atoms with Crippen LogP contribution >= 0.6 is 0 Å². The van der Waals surface area contributed by atoms with E-state index in [1.807, 2.05) is 13.8 Å². The summed E-state index contributed by atoms with van der Waals surface area (Å²) < 4.78 is 31.4. The number of rotatable bonds is 4. The van der Waals surface area contributed by atoms with Crippen molar-refractivity contribution in [2.24, 2.45) is 0 Å². The SMILES string of the molecule is COc1c(C)cnc(CS(=O)c2ccc(N)cc2F)c1C. The lowest BCUT2D eigenvalue weighted by Gasteiger charge is -2.12. The summed E-state index contributed by atoms with van der Waals surface area (Å²) in [5.41, 5.74) is 8.15. The number of nitrogens with zero attached hydrogens (tertiary/aromatic N) is 1. The van der Waals surface area contributed by atoms with Crippen LogP contribution in [-0.2, 0) is 16.6 Å². The summed E-state index contributed by atoms with van der Waals surface area (Å²) in [5, 5.41) is 0. The number of benzene rings is 1. The maximum Gasteiger partial charge on any atom is 0.141 e. The number of nitrogen functional groups attached to an aromatic ring is 1. The molecule has 0 aliphatic rings. The van der Waals surface area contributed by atoms with Crippen LogP contribution in [0.15, 0.2) is 29.3 Å². The van der Waals surface area contributed by atoms with Gasteiger partial charge in [-0.3, -0.25) is 9.19 Å². The van der Waals surface area contributed by atoms with Crippen molar-refractivity contribution in [3.05, 3.63) is 47.0 Å². The quantitative estimate of drug-likeness (QED) is 0.882. The Bertz CT molecular complexity index is 704. The van der Waals surface area contributed by atoms with E-state index in [-0.39, 0.29) is 10.6 Å². The van der Waals surface area contributed by atoms with E-state index in [9.17, 15) is 8.60 Å². The molecule has 4 nitrogen and oxygen atoms in total. The van der Waals surface area contributed by atoms with Crippen LogP contribution in [-0.4, -0.2) is 16.3 Å². The van der Waals surface area contributed by atoms with Gasteiger partial charge in [-0.1, -0.05) is 0 Å². The molecule has 0 bridgehead atoms. The molecule has 1 aromatic heterocycles. The van der Waals surface area contributed by atoms with E-state index < -0.39 is 16.6 Å². The first-order chi connectivity index (χ1) is 9.93. The van der Waals surface area contributed by atoms with E-state index in [0.717, 1.165) is 16.9 Å². The Morgan fingerprint density at radius 3 is 2.71 bits per heavy atom. The van der Waals surface area contributed by atoms with Gasteiger partial charge in [0.25, 0.3) is 0 Å². The number of nitrogens with two attached hydrogens (primary N) is 1. The Kier molecular flexibility index (Phi) is 4.57. The molecule has 2 aromatic rings. The maximum absolute atomic E-state index is 13.8. The molecule has 2 N–H and O–H groups in total. The Hall–Kier alpha value is -1.95. The average Bonchev–Trinajstić information content (AvgIpc) is 2.42.